The average Bonchev–Trinajstić information content (AvgIpc) is 3.21. The molecule has 0 aliphatic heterocycles. The summed E-state index contributed by atoms with van der Waals surface area (Å²) >= 11 is 7.20. The fraction of sp³-hybridized carbons (Fsp3) is 0.125. The van der Waals surface area contributed by atoms with Gasteiger partial charge in [-0.3, -0.25) is 14.9 Å². The normalized spacial score (nSPS) is 10.8. The molecule has 0 atom stereocenters. The first-order valence-electron chi connectivity index (χ1n) is 10.5. The lowest BCUT2D eigenvalue weighted by atomic mass is 10.1. The number of nitro groups is 1. The van der Waals surface area contributed by atoms with E-state index < -0.39 is 22.3 Å². The molecule has 178 valence electrons. The highest BCUT2D eigenvalue weighted by molar-refractivity contribution is 7.99. The van der Waals surface area contributed by atoms with Gasteiger partial charge >= 0.3 is 5.69 Å². The van der Waals surface area contributed by atoms with E-state index in [0.29, 0.717) is 23.1 Å². The van der Waals surface area contributed by atoms with Crippen LogP contribution in [0.1, 0.15) is 17.0 Å². The second-order valence-corrected chi connectivity index (χ2v) is 8.91. The fourth-order valence-electron chi connectivity index (χ4n) is 3.32. The van der Waals surface area contributed by atoms with E-state index in [1.54, 1.807) is 12.1 Å². The third-order valence-electron chi connectivity index (χ3n) is 5.01. The molecule has 1 N–H and O–H groups in total. The molecule has 1 heterocycles. The first-order valence-corrected chi connectivity index (χ1v) is 11.8. The molecule has 0 radical (unpaired) electrons. The molecule has 0 unspecified atom stereocenters. The Hall–Kier alpha value is -3.76. The van der Waals surface area contributed by atoms with Crippen LogP contribution in [-0.2, 0) is 17.8 Å². The lowest BCUT2D eigenvalue weighted by Gasteiger charge is -2.11. The van der Waals surface area contributed by atoms with E-state index in [1.807, 2.05) is 47.0 Å². The number of amides is 1. The first kappa shape index (κ1) is 24.4. The molecule has 0 saturated carbocycles. The van der Waals surface area contributed by atoms with Crippen molar-refractivity contribution in [3.05, 3.63) is 111 Å². The molecule has 0 spiro atoms. The van der Waals surface area contributed by atoms with Crippen LogP contribution in [-0.4, -0.2) is 31.3 Å². The van der Waals surface area contributed by atoms with Gasteiger partial charge in [-0.1, -0.05) is 65.8 Å². The summed E-state index contributed by atoms with van der Waals surface area (Å²) < 4.78 is 15.5. The number of anilines is 1. The summed E-state index contributed by atoms with van der Waals surface area (Å²) in [4.78, 5) is 22.6. The predicted octanol–water partition coefficient (Wildman–Crippen LogP) is 5.35. The Morgan fingerprint density at radius 2 is 1.80 bits per heavy atom. The van der Waals surface area contributed by atoms with Gasteiger partial charge in [0.1, 0.15) is 5.82 Å². The van der Waals surface area contributed by atoms with Gasteiger partial charge in [0.15, 0.2) is 5.16 Å². The van der Waals surface area contributed by atoms with Gasteiger partial charge in [-0.2, -0.15) is 4.39 Å². The van der Waals surface area contributed by atoms with Crippen molar-refractivity contribution in [3.63, 3.8) is 0 Å². The van der Waals surface area contributed by atoms with Gasteiger partial charge < -0.3 is 9.88 Å². The zero-order valence-corrected chi connectivity index (χ0v) is 19.8. The minimum atomic E-state index is -0.969. The van der Waals surface area contributed by atoms with Crippen molar-refractivity contribution >= 4 is 40.6 Å². The summed E-state index contributed by atoms with van der Waals surface area (Å²) in [5.74, 6) is -0.664. The van der Waals surface area contributed by atoms with E-state index >= 15 is 0 Å². The number of thioether (sulfide) groups is 1. The fourth-order valence-corrected chi connectivity index (χ4v) is 4.21. The first-order chi connectivity index (χ1) is 16.9. The van der Waals surface area contributed by atoms with Crippen molar-refractivity contribution in [2.75, 3.05) is 11.1 Å². The molecule has 0 aliphatic rings. The number of benzene rings is 3. The average molecular weight is 512 g/mol. The SMILES string of the molecule is O=C(CSc1nnc(Cc2ccccc2)n1Cc1ccc(Cl)cc1)Nc1ccc(F)c([N+](=O)[O-])c1. The van der Waals surface area contributed by atoms with E-state index in [1.165, 1.54) is 17.8 Å². The molecule has 0 fully saturated rings. The monoisotopic (exact) mass is 511 g/mol. The summed E-state index contributed by atoms with van der Waals surface area (Å²) in [5, 5.41) is 23.3. The topological polar surface area (TPSA) is 103 Å². The number of carbonyl (C=O) groups excluding carboxylic acids is 1. The third-order valence-corrected chi connectivity index (χ3v) is 6.23. The Kier molecular flexibility index (Phi) is 7.74. The molecule has 0 aliphatic carbocycles. The highest BCUT2D eigenvalue weighted by Crippen LogP contribution is 2.24. The van der Waals surface area contributed by atoms with E-state index in [4.69, 9.17) is 11.6 Å². The molecule has 3 aromatic carbocycles. The number of nitrogens with one attached hydrogen (secondary N) is 1. The highest BCUT2D eigenvalue weighted by Gasteiger charge is 2.18. The Balaban J connectivity index is 1.50. The minimum Gasteiger partial charge on any atom is -0.325 e. The highest BCUT2D eigenvalue weighted by atomic mass is 35.5. The number of halogens is 2. The van der Waals surface area contributed by atoms with Crippen molar-refractivity contribution in [2.45, 2.75) is 18.1 Å². The van der Waals surface area contributed by atoms with Crippen LogP contribution in [0.5, 0.6) is 0 Å². The van der Waals surface area contributed by atoms with Crippen molar-refractivity contribution in [3.8, 4) is 0 Å². The van der Waals surface area contributed by atoms with Crippen LogP contribution < -0.4 is 5.32 Å². The van der Waals surface area contributed by atoms with Crippen molar-refractivity contribution in [2.24, 2.45) is 0 Å². The van der Waals surface area contributed by atoms with Gasteiger partial charge in [0.25, 0.3) is 0 Å². The minimum absolute atomic E-state index is 0.0186. The Bertz CT molecular complexity index is 1350. The van der Waals surface area contributed by atoms with Gasteiger partial charge in [0.05, 0.1) is 17.2 Å². The van der Waals surface area contributed by atoms with Crippen LogP contribution in [0.2, 0.25) is 5.02 Å². The largest absolute Gasteiger partial charge is 0.325 e. The number of carbonyl (C=O) groups is 1. The summed E-state index contributed by atoms with van der Waals surface area (Å²) in [6.07, 6.45) is 0.563. The maximum absolute atomic E-state index is 13.5. The van der Waals surface area contributed by atoms with Crippen LogP contribution >= 0.6 is 23.4 Å². The zero-order chi connectivity index (χ0) is 24.8. The number of hydrogen-bond donors (Lipinski definition) is 1. The summed E-state index contributed by atoms with van der Waals surface area (Å²) in [7, 11) is 0. The number of nitrogens with zero attached hydrogens (tertiary/aromatic N) is 4. The molecular formula is C24H19ClFN5O3S. The maximum Gasteiger partial charge on any atom is 0.306 e. The van der Waals surface area contributed by atoms with Crippen LogP contribution in [0.4, 0.5) is 15.8 Å². The standard InChI is InChI=1S/C24H19ClFN5O3S/c25-18-8-6-17(7-9-18)14-30-22(12-16-4-2-1-3-5-16)28-29-24(30)35-15-23(32)27-19-10-11-20(26)21(13-19)31(33)34/h1-11,13H,12,14-15H2,(H,27,32). The summed E-state index contributed by atoms with van der Waals surface area (Å²) in [6.45, 7) is 0.487. The predicted molar refractivity (Wildman–Crippen MR) is 132 cm³/mol. The Labute approximate surface area is 209 Å². The molecule has 1 aromatic heterocycles. The Morgan fingerprint density at radius 1 is 1.06 bits per heavy atom. The lowest BCUT2D eigenvalue weighted by molar-refractivity contribution is -0.387. The third kappa shape index (κ3) is 6.43. The van der Waals surface area contributed by atoms with E-state index in [0.717, 1.165) is 29.1 Å². The molecule has 4 aromatic rings. The van der Waals surface area contributed by atoms with Crippen LogP contribution in [0.3, 0.4) is 0 Å². The van der Waals surface area contributed by atoms with Crippen LogP contribution in [0, 0.1) is 15.9 Å². The molecule has 0 saturated heterocycles. The number of nitro benzene ring substituents is 1. The van der Waals surface area contributed by atoms with E-state index in [2.05, 4.69) is 15.5 Å². The number of aromatic nitrogens is 3. The number of rotatable bonds is 9. The van der Waals surface area contributed by atoms with Crippen molar-refractivity contribution < 1.29 is 14.1 Å². The second kappa shape index (κ2) is 11.1. The molecule has 1 amide bonds. The maximum atomic E-state index is 13.5. The van der Waals surface area contributed by atoms with Gasteiger partial charge in [0.2, 0.25) is 11.7 Å². The second-order valence-electron chi connectivity index (χ2n) is 7.53. The quantitative estimate of drug-likeness (QED) is 0.185. The van der Waals surface area contributed by atoms with E-state index in [-0.39, 0.29) is 11.4 Å². The van der Waals surface area contributed by atoms with Crippen LogP contribution in [0.25, 0.3) is 0 Å². The van der Waals surface area contributed by atoms with Gasteiger partial charge in [0, 0.05) is 23.2 Å². The van der Waals surface area contributed by atoms with Crippen LogP contribution in [0.15, 0.2) is 78.0 Å². The van der Waals surface area contributed by atoms with Gasteiger partial charge in [-0.05, 0) is 35.4 Å². The molecule has 8 nitrogen and oxygen atoms in total. The smallest absolute Gasteiger partial charge is 0.306 e. The molecule has 11 heteroatoms. The lowest BCUT2D eigenvalue weighted by Crippen LogP contribution is -2.15. The zero-order valence-electron chi connectivity index (χ0n) is 18.2. The molecule has 0 bridgehead atoms. The van der Waals surface area contributed by atoms with Gasteiger partial charge in [-0.15, -0.1) is 10.2 Å². The number of hydrogen-bond acceptors (Lipinski definition) is 6. The Morgan fingerprint density at radius 3 is 2.51 bits per heavy atom. The summed E-state index contributed by atoms with van der Waals surface area (Å²) in [5.41, 5.74) is 1.50. The summed E-state index contributed by atoms with van der Waals surface area (Å²) in [6, 6.07) is 20.5. The molecular weight excluding hydrogens is 493 g/mol. The van der Waals surface area contributed by atoms with Crippen molar-refractivity contribution in [1.82, 2.24) is 14.8 Å². The van der Waals surface area contributed by atoms with Gasteiger partial charge in [-0.25, -0.2) is 0 Å². The van der Waals surface area contributed by atoms with E-state index in [9.17, 15) is 19.3 Å². The molecule has 35 heavy (non-hydrogen) atoms. The van der Waals surface area contributed by atoms with Crippen molar-refractivity contribution in [1.29, 1.82) is 0 Å². The molecule has 4 rings (SSSR count).